The summed E-state index contributed by atoms with van der Waals surface area (Å²) in [5.74, 6) is 0.652. The zero-order valence-electron chi connectivity index (χ0n) is 42.9. The normalized spacial score (nSPS) is 12.4. The van der Waals surface area contributed by atoms with Gasteiger partial charge in [0.15, 0.2) is 0 Å². The van der Waals surface area contributed by atoms with Gasteiger partial charge in [0.1, 0.15) is 22.7 Å². The maximum Gasteiger partial charge on any atom is 0.136 e. The summed E-state index contributed by atoms with van der Waals surface area (Å²) in [6, 6.07) is 56.5. The summed E-state index contributed by atoms with van der Waals surface area (Å²) in [7, 11) is 0. The Balaban J connectivity index is 1.07. The Kier molecular flexibility index (Phi) is 11.2. The van der Waals surface area contributed by atoms with E-state index in [1.807, 2.05) is 54.6 Å². The lowest BCUT2D eigenvalue weighted by Gasteiger charge is -2.26. The minimum atomic E-state index is -0.105. The summed E-state index contributed by atoms with van der Waals surface area (Å²) in [6.45, 7) is 22.5. The molecule has 0 atom stereocenters. The van der Waals surface area contributed by atoms with E-state index >= 15 is 0 Å². The van der Waals surface area contributed by atoms with Crippen LogP contribution in [0.3, 0.4) is 0 Å². The van der Waals surface area contributed by atoms with Crippen LogP contribution >= 0.6 is 0 Å². The highest BCUT2D eigenvalue weighted by atomic mass is 16.3. The van der Waals surface area contributed by atoms with Crippen LogP contribution in [0.1, 0.15) is 103 Å². The first-order chi connectivity index (χ1) is 34.4. The molecule has 72 heavy (non-hydrogen) atoms. The van der Waals surface area contributed by atoms with Gasteiger partial charge in [0, 0.05) is 38.4 Å². The molecular weight excluding hydrogens is 883 g/mol. The average Bonchev–Trinajstić information content (AvgIpc) is 3.90. The molecule has 4 heterocycles. The van der Waals surface area contributed by atoms with E-state index in [0.717, 1.165) is 38.7 Å². The SMILES string of the molecule is CC(C)c1cc(-n2c3ccccc3c3ccccc32)cc(C(C)C)c1-c1ccc(O)c(-c2cccc(-c3cc(-c4cc(C(C)(C)C)cc(C(C)(C)C)c4)cc(-c4cc5oc6ccccc6c5cc4O)n3)n2)c1. The minimum absolute atomic E-state index is 0.105. The van der Waals surface area contributed by atoms with E-state index in [4.69, 9.17) is 14.4 Å². The number of hydrogen-bond acceptors (Lipinski definition) is 5. The van der Waals surface area contributed by atoms with Crippen molar-refractivity contribution in [3.8, 4) is 73.3 Å². The summed E-state index contributed by atoms with van der Waals surface area (Å²) in [4.78, 5) is 10.6. The number of hydrogen-bond donors (Lipinski definition) is 2. The van der Waals surface area contributed by atoms with Crippen molar-refractivity contribution in [3.05, 3.63) is 186 Å². The third-order valence-corrected chi connectivity index (χ3v) is 14.4. The first-order valence-corrected chi connectivity index (χ1v) is 25.2. The third kappa shape index (κ3) is 8.19. The predicted octanol–water partition coefficient (Wildman–Crippen LogP) is 18.1. The van der Waals surface area contributed by atoms with E-state index in [2.05, 4.69) is 171 Å². The molecule has 0 saturated carbocycles. The average molecular weight is 944 g/mol. The highest BCUT2D eigenvalue weighted by Crippen LogP contribution is 2.45. The molecule has 0 amide bonds. The van der Waals surface area contributed by atoms with Crippen molar-refractivity contribution < 1.29 is 14.6 Å². The fourth-order valence-corrected chi connectivity index (χ4v) is 10.5. The molecule has 6 nitrogen and oxygen atoms in total. The molecule has 0 saturated heterocycles. The summed E-state index contributed by atoms with van der Waals surface area (Å²) in [5, 5.41) is 27.9. The van der Waals surface area contributed by atoms with Crippen molar-refractivity contribution >= 4 is 43.7 Å². The number of nitrogens with zero attached hydrogens (tertiary/aromatic N) is 3. The van der Waals surface area contributed by atoms with Crippen LogP contribution in [0.4, 0.5) is 0 Å². The largest absolute Gasteiger partial charge is 0.507 e. The highest BCUT2D eigenvalue weighted by molar-refractivity contribution is 6.09. The minimum Gasteiger partial charge on any atom is -0.507 e. The molecule has 6 heteroatoms. The second kappa shape index (κ2) is 17.4. The van der Waals surface area contributed by atoms with Crippen LogP contribution in [0.15, 0.2) is 168 Å². The number of benzene rings is 7. The van der Waals surface area contributed by atoms with E-state index < -0.39 is 0 Å². The fraction of sp³-hybridized carbons (Fsp3) is 0.212. The number of phenols is 2. The van der Waals surface area contributed by atoms with Crippen LogP contribution in [-0.2, 0) is 10.8 Å². The topological polar surface area (TPSA) is 84.3 Å². The number of furan rings is 1. The quantitative estimate of drug-likeness (QED) is 0.159. The maximum absolute atomic E-state index is 11.8. The molecule has 0 spiro atoms. The van der Waals surface area contributed by atoms with Crippen molar-refractivity contribution in [2.75, 3.05) is 0 Å². The van der Waals surface area contributed by atoms with Crippen molar-refractivity contribution in [1.82, 2.24) is 14.5 Å². The van der Waals surface area contributed by atoms with Crippen molar-refractivity contribution in [1.29, 1.82) is 0 Å². The Labute approximate surface area is 422 Å². The monoisotopic (exact) mass is 943 g/mol. The number of aromatic hydroxyl groups is 2. The maximum atomic E-state index is 11.8. The van der Waals surface area contributed by atoms with Gasteiger partial charge in [-0.3, -0.25) is 0 Å². The first-order valence-electron chi connectivity index (χ1n) is 25.2. The number of para-hydroxylation sites is 3. The van der Waals surface area contributed by atoms with Gasteiger partial charge in [0.05, 0.1) is 33.8 Å². The number of pyridine rings is 2. The Bertz CT molecular complexity index is 3810. The van der Waals surface area contributed by atoms with Crippen LogP contribution in [0.5, 0.6) is 11.5 Å². The Hall–Kier alpha value is -7.96. The molecule has 2 N–H and O–H groups in total. The summed E-state index contributed by atoms with van der Waals surface area (Å²) >= 11 is 0. The lowest BCUT2D eigenvalue weighted by molar-refractivity contribution is 0.477. The van der Waals surface area contributed by atoms with Crippen LogP contribution in [0.2, 0.25) is 0 Å². The van der Waals surface area contributed by atoms with Crippen molar-refractivity contribution in [2.45, 2.75) is 91.9 Å². The van der Waals surface area contributed by atoms with Gasteiger partial charge in [-0.05, 0) is 146 Å². The Morgan fingerprint density at radius 1 is 0.431 bits per heavy atom. The summed E-state index contributed by atoms with van der Waals surface area (Å²) < 4.78 is 8.75. The molecule has 0 bridgehead atoms. The number of phenolic OH excluding ortho intramolecular Hbond substituents is 2. The molecule has 0 aliphatic heterocycles. The standard InChI is InChI=1S/C66H61N3O3/c1-38(2)49-34-45(69-58-23-14-11-18-46(58)47-19-12-15-24-59(47)69)35-50(39(3)4)64(49)40-26-27-60(70)52(30-40)54-21-17-22-55(67-54)57-32-42(41-28-43(65(5,6)7)33-44(29-41)66(8,9)10)31-56(68-57)53-37-63-51(36-61(53)71)48-20-13-16-25-62(48)72-63/h11-39,70-71H,1-10H3. The second-order valence-electron chi connectivity index (χ2n) is 22.2. The zero-order chi connectivity index (χ0) is 50.4. The highest BCUT2D eigenvalue weighted by Gasteiger charge is 2.25. The fourth-order valence-electron chi connectivity index (χ4n) is 10.5. The molecule has 0 aliphatic rings. The van der Waals surface area contributed by atoms with Gasteiger partial charge in [-0.2, -0.15) is 0 Å². The van der Waals surface area contributed by atoms with Crippen LogP contribution in [-0.4, -0.2) is 24.7 Å². The second-order valence-corrected chi connectivity index (χ2v) is 22.2. The Morgan fingerprint density at radius 2 is 0.972 bits per heavy atom. The van der Waals surface area contributed by atoms with Crippen LogP contribution in [0, 0.1) is 0 Å². The molecular formula is C66H61N3O3. The molecule has 11 rings (SSSR count). The van der Waals surface area contributed by atoms with Crippen LogP contribution in [0.25, 0.3) is 106 Å². The predicted molar refractivity (Wildman–Crippen MR) is 300 cm³/mol. The Morgan fingerprint density at radius 3 is 1.60 bits per heavy atom. The first kappa shape index (κ1) is 46.4. The van der Waals surface area contributed by atoms with Crippen molar-refractivity contribution in [2.24, 2.45) is 0 Å². The van der Waals surface area contributed by atoms with Gasteiger partial charge in [-0.1, -0.05) is 154 Å². The van der Waals surface area contributed by atoms with Gasteiger partial charge in [-0.15, -0.1) is 0 Å². The van der Waals surface area contributed by atoms with Gasteiger partial charge >= 0.3 is 0 Å². The van der Waals surface area contributed by atoms with Gasteiger partial charge in [0.2, 0.25) is 0 Å². The van der Waals surface area contributed by atoms with Gasteiger partial charge in [-0.25, -0.2) is 9.97 Å². The number of aromatic nitrogens is 3. The van der Waals surface area contributed by atoms with Crippen molar-refractivity contribution in [3.63, 3.8) is 0 Å². The van der Waals surface area contributed by atoms with E-state index in [-0.39, 0.29) is 34.2 Å². The molecule has 0 fully saturated rings. The molecule has 0 unspecified atom stereocenters. The van der Waals surface area contributed by atoms with Gasteiger partial charge < -0.3 is 19.2 Å². The number of fused-ring (bicyclic) bond motifs is 6. The zero-order valence-corrected chi connectivity index (χ0v) is 42.9. The van der Waals surface area contributed by atoms with Crippen LogP contribution < -0.4 is 0 Å². The van der Waals surface area contributed by atoms with E-state index in [1.54, 1.807) is 12.1 Å². The lowest BCUT2D eigenvalue weighted by atomic mass is 9.79. The number of rotatable bonds is 8. The summed E-state index contributed by atoms with van der Waals surface area (Å²) in [6.07, 6.45) is 0. The molecule has 0 aliphatic carbocycles. The smallest absolute Gasteiger partial charge is 0.136 e. The van der Waals surface area contributed by atoms with E-state index in [0.29, 0.717) is 39.5 Å². The molecule has 0 radical (unpaired) electrons. The molecule has 11 aromatic rings. The van der Waals surface area contributed by atoms with Gasteiger partial charge in [0.25, 0.3) is 0 Å². The van der Waals surface area contributed by atoms with E-state index in [1.165, 1.54) is 49.6 Å². The summed E-state index contributed by atoms with van der Waals surface area (Å²) in [5.41, 5.74) is 17.5. The lowest BCUT2D eigenvalue weighted by Crippen LogP contribution is -2.16. The van der Waals surface area contributed by atoms with E-state index in [9.17, 15) is 10.2 Å². The molecule has 4 aromatic heterocycles. The molecule has 358 valence electrons. The third-order valence-electron chi connectivity index (χ3n) is 14.4. The molecule has 7 aromatic carbocycles.